The Hall–Kier alpha value is -3.62. The summed E-state index contributed by atoms with van der Waals surface area (Å²) in [5, 5.41) is 20.5. The lowest BCUT2D eigenvalue weighted by molar-refractivity contribution is 0.174. The molecule has 2 heterocycles. The van der Waals surface area contributed by atoms with Crippen molar-refractivity contribution in [2.75, 3.05) is 12.1 Å². The van der Waals surface area contributed by atoms with Gasteiger partial charge in [-0.25, -0.2) is 4.79 Å². The Kier molecular flexibility index (Phi) is 5.15. The number of nitrogens with one attached hydrogen (secondary N) is 3. The molecule has 0 saturated heterocycles. The topological polar surface area (TPSA) is 114 Å². The molecule has 0 bridgehead atoms. The zero-order valence-corrected chi connectivity index (χ0v) is 17.2. The SMILES string of the molecule is CC1CCC(NC(=O)Nc2ccc(-c3ccc4c(c3)OCO4)c(-c3nn[nH]n3)c2)CC1. The summed E-state index contributed by atoms with van der Waals surface area (Å²) in [6.07, 6.45) is 4.34. The lowest BCUT2D eigenvalue weighted by atomic mass is 9.87. The van der Waals surface area contributed by atoms with Gasteiger partial charge in [0.2, 0.25) is 12.6 Å². The molecule has 3 aromatic rings. The molecule has 1 aromatic heterocycles. The van der Waals surface area contributed by atoms with Crippen LogP contribution in [0, 0.1) is 5.92 Å². The minimum atomic E-state index is -0.200. The molecule has 1 saturated carbocycles. The first-order chi connectivity index (χ1) is 15.2. The molecule has 5 rings (SSSR count). The highest BCUT2D eigenvalue weighted by atomic mass is 16.7. The minimum absolute atomic E-state index is 0.200. The monoisotopic (exact) mass is 420 g/mol. The molecule has 1 aliphatic heterocycles. The van der Waals surface area contributed by atoms with Crippen molar-refractivity contribution in [2.24, 2.45) is 5.92 Å². The highest BCUT2D eigenvalue weighted by Crippen LogP contribution is 2.39. The number of carbonyl (C=O) groups is 1. The van der Waals surface area contributed by atoms with E-state index in [1.165, 1.54) is 0 Å². The molecule has 3 N–H and O–H groups in total. The van der Waals surface area contributed by atoms with Gasteiger partial charge in [0.05, 0.1) is 0 Å². The van der Waals surface area contributed by atoms with E-state index in [0.29, 0.717) is 17.3 Å². The molecule has 9 nitrogen and oxygen atoms in total. The van der Waals surface area contributed by atoms with Crippen LogP contribution in [0.25, 0.3) is 22.5 Å². The van der Waals surface area contributed by atoms with E-state index in [1.54, 1.807) is 0 Å². The molecular formula is C22H24N6O3. The zero-order chi connectivity index (χ0) is 21.2. The van der Waals surface area contributed by atoms with Crippen LogP contribution >= 0.6 is 0 Å². The van der Waals surface area contributed by atoms with Crippen LogP contribution in [0.1, 0.15) is 32.6 Å². The summed E-state index contributed by atoms with van der Waals surface area (Å²) >= 11 is 0. The average molecular weight is 420 g/mol. The lowest BCUT2D eigenvalue weighted by Gasteiger charge is -2.27. The van der Waals surface area contributed by atoms with Gasteiger partial charge in [-0.1, -0.05) is 19.1 Å². The highest BCUT2D eigenvalue weighted by molar-refractivity contribution is 5.92. The molecule has 31 heavy (non-hydrogen) atoms. The number of aromatic amines is 1. The maximum Gasteiger partial charge on any atom is 0.319 e. The first-order valence-corrected chi connectivity index (χ1v) is 10.5. The van der Waals surface area contributed by atoms with E-state index in [0.717, 1.165) is 54.0 Å². The number of fused-ring (bicyclic) bond motifs is 1. The number of anilines is 1. The van der Waals surface area contributed by atoms with Crippen LogP contribution in [0.15, 0.2) is 36.4 Å². The van der Waals surface area contributed by atoms with Crippen LogP contribution in [0.3, 0.4) is 0 Å². The number of hydrogen-bond donors (Lipinski definition) is 3. The fourth-order valence-electron chi connectivity index (χ4n) is 4.16. The van der Waals surface area contributed by atoms with Crippen molar-refractivity contribution in [3.8, 4) is 34.0 Å². The van der Waals surface area contributed by atoms with Crippen LogP contribution in [0.4, 0.5) is 10.5 Å². The van der Waals surface area contributed by atoms with Crippen molar-refractivity contribution in [1.82, 2.24) is 25.9 Å². The molecule has 0 spiro atoms. The number of urea groups is 1. The van der Waals surface area contributed by atoms with Gasteiger partial charge in [0.25, 0.3) is 0 Å². The molecule has 160 valence electrons. The standard InChI is InChI=1S/C22H24N6O3/c1-13-2-5-15(6-3-13)23-22(29)24-16-7-8-17(18(11-16)21-25-27-28-26-21)14-4-9-19-20(10-14)31-12-30-19/h4,7-11,13,15H,2-3,5-6,12H2,1H3,(H2,23,24,29)(H,25,26,27,28). The number of H-pyrrole nitrogens is 1. The van der Waals surface area contributed by atoms with Crippen LogP contribution in [-0.2, 0) is 0 Å². The second-order valence-electron chi connectivity index (χ2n) is 8.12. The summed E-state index contributed by atoms with van der Waals surface area (Å²) in [6.45, 7) is 2.48. The number of nitrogens with zero attached hydrogens (tertiary/aromatic N) is 3. The Labute approximate surface area is 179 Å². The van der Waals surface area contributed by atoms with Gasteiger partial charge in [-0.3, -0.25) is 0 Å². The van der Waals surface area contributed by atoms with E-state index in [9.17, 15) is 4.79 Å². The van der Waals surface area contributed by atoms with Crippen molar-refractivity contribution in [2.45, 2.75) is 38.6 Å². The van der Waals surface area contributed by atoms with E-state index >= 15 is 0 Å². The Bertz CT molecular complexity index is 1080. The van der Waals surface area contributed by atoms with Gasteiger partial charge < -0.3 is 20.1 Å². The highest BCUT2D eigenvalue weighted by Gasteiger charge is 2.21. The molecular weight excluding hydrogens is 396 g/mol. The summed E-state index contributed by atoms with van der Waals surface area (Å²) in [5.74, 6) is 2.59. The number of carbonyl (C=O) groups excluding carboxylic acids is 1. The van der Waals surface area contributed by atoms with Crippen LogP contribution in [-0.4, -0.2) is 39.5 Å². The number of hydrogen-bond acceptors (Lipinski definition) is 6. The van der Waals surface area contributed by atoms with Gasteiger partial charge in [0.15, 0.2) is 11.5 Å². The Morgan fingerprint density at radius 2 is 1.87 bits per heavy atom. The molecule has 2 aromatic carbocycles. The summed E-state index contributed by atoms with van der Waals surface area (Å²) in [4.78, 5) is 12.5. The van der Waals surface area contributed by atoms with Crippen LogP contribution in [0.5, 0.6) is 11.5 Å². The molecule has 1 aliphatic carbocycles. The molecule has 0 atom stereocenters. The number of amides is 2. The summed E-state index contributed by atoms with van der Waals surface area (Å²) < 4.78 is 10.9. The quantitative estimate of drug-likeness (QED) is 0.589. The maximum atomic E-state index is 12.5. The summed E-state index contributed by atoms with van der Waals surface area (Å²) in [6, 6.07) is 11.4. The van der Waals surface area contributed by atoms with Crippen molar-refractivity contribution in [3.63, 3.8) is 0 Å². The van der Waals surface area contributed by atoms with Crippen LogP contribution < -0.4 is 20.1 Å². The van der Waals surface area contributed by atoms with Gasteiger partial charge in [-0.05, 0) is 72.2 Å². The number of benzene rings is 2. The second kappa shape index (κ2) is 8.25. The van der Waals surface area contributed by atoms with Gasteiger partial charge in [-0.2, -0.15) is 5.21 Å². The Morgan fingerprint density at radius 3 is 2.68 bits per heavy atom. The minimum Gasteiger partial charge on any atom is -0.454 e. The third-order valence-corrected chi connectivity index (χ3v) is 5.90. The number of rotatable bonds is 4. The molecule has 0 radical (unpaired) electrons. The second-order valence-corrected chi connectivity index (χ2v) is 8.12. The third-order valence-electron chi connectivity index (χ3n) is 5.90. The van der Waals surface area contributed by atoms with Crippen molar-refractivity contribution in [1.29, 1.82) is 0 Å². The lowest BCUT2D eigenvalue weighted by Crippen LogP contribution is -2.39. The molecule has 9 heteroatoms. The first-order valence-electron chi connectivity index (χ1n) is 10.5. The third kappa shape index (κ3) is 4.16. The van der Waals surface area contributed by atoms with Gasteiger partial charge in [0.1, 0.15) is 0 Å². The molecule has 2 amide bonds. The van der Waals surface area contributed by atoms with E-state index in [-0.39, 0.29) is 18.9 Å². The number of aromatic nitrogens is 4. The zero-order valence-electron chi connectivity index (χ0n) is 17.2. The summed E-state index contributed by atoms with van der Waals surface area (Å²) in [7, 11) is 0. The van der Waals surface area contributed by atoms with Crippen molar-refractivity contribution >= 4 is 11.7 Å². The first kappa shape index (κ1) is 19.3. The van der Waals surface area contributed by atoms with Gasteiger partial charge >= 0.3 is 6.03 Å². The molecule has 1 fully saturated rings. The van der Waals surface area contributed by atoms with E-state index in [1.807, 2.05) is 36.4 Å². The van der Waals surface area contributed by atoms with Crippen molar-refractivity contribution < 1.29 is 14.3 Å². The van der Waals surface area contributed by atoms with Crippen LogP contribution in [0.2, 0.25) is 0 Å². The van der Waals surface area contributed by atoms with Gasteiger partial charge in [0, 0.05) is 17.3 Å². The number of tetrazole rings is 1. The van der Waals surface area contributed by atoms with E-state index in [4.69, 9.17) is 9.47 Å². The smallest absolute Gasteiger partial charge is 0.319 e. The largest absolute Gasteiger partial charge is 0.454 e. The summed E-state index contributed by atoms with van der Waals surface area (Å²) in [5.41, 5.74) is 3.23. The predicted molar refractivity (Wildman–Crippen MR) is 115 cm³/mol. The van der Waals surface area contributed by atoms with Gasteiger partial charge in [-0.15, -0.1) is 10.2 Å². The van der Waals surface area contributed by atoms with E-state index < -0.39 is 0 Å². The fourth-order valence-corrected chi connectivity index (χ4v) is 4.16. The van der Waals surface area contributed by atoms with E-state index in [2.05, 4.69) is 38.2 Å². The number of ether oxygens (including phenoxy) is 2. The molecule has 0 unspecified atom stereocenters. The predicted octanol–water partition coefficient (Wildman–Crippen LogP) is 3.96. The Morgan fingerprint density at radius 1 is 1.03 bits per heavy atom. The Balaban J connectivity index is 1.39. The fraction of sp³-hybridized carbons (Fsp3) is 0.364. The van der Waals surface area contributed by atoms with Crippen molar-refractivity contribution in [3.05, 3.63) is 36.4 Å². The molecule has 2 aliphatic rings. The maximum absolute atomic E-state index is 12.5. The average Bonchev–Trinajstić information content (AvgIpc) is 3.47. The normalized spacial score (nSPS) is 19.8.